The van der Waals surface area contributed by atoms with Gasteiger partial charge in [-0.2, -0.15) is 0 Å². The largest absolute Gasteiger partial charge is 0.458 e. The molecule has 15 heteroatoms. The second-order valence-corrected chi connectivity index (χ2v) is 7.85. The van der Waals surface area contributed by atoms with E-state index in [-0.39, 0.29) is 11.4 Å². The summed E-state index contributed by atoms with van der Waals surface area (Å²) in [5, 5.41) is 7.38. The zero-order chi connectivity index (χ0) is 27.8. The first-order chi connectivity index (χ1) is 18.1. The first kappa shape index (κ1) is 27.8. The van der Waals surface area contributed by atoms with Gasteiger partial charge in [-0.05, 0) is 33.6 Å². The van der Waals surface area contributed by atoms with Gasteiger partial charge in [0.25, 0.3) is 0 Å². The molecule has 0 spiro atoms. The summed E-state index contributed by atoms with van der Waals surface area (Å²) in [6.07, 6.45) is -8.38. The summed E-state index contributed by atoms with van der Waals surface area (Å²) in [7, 11) is 0. The normalized spacial score (nSPS) is 22.3. The predicted octanol–water partition coefficient (Wildman–Crippen LogP) is 2.95. The highest BCUT2D eigenvalue weighted by Crippen LogP contribution is 2.37. The maximum atomic E-state index is 12.8. The minimum atomic E-state index is -1.80. The topological polar surface area (TPSA) is 202 Å². The van der Waals surface area contributed by atoms with Gasteiger partial charge in [0.15, 0.2) is 36.5 Å². The fraction of sp³-hybridized carbons (Fsp3) is 0.391. The Hall–Kier alpha value is -4.75. The van der Waals surface area contributed by atoms with Crippen molar-refractivity contribution in [2.45, 2.75) is 51.5 Å². The van der Waals surface area contributed by atoms with Crippen LogP contribution in [-0.4, -0.2) is 61.3 Å². The molecule has 0 amide bonds. The molecule has 1 aliphatic rings. The number of hydrogen-bond acceptors (Lipinski definition) is 13. The SMILES string of the molecule is CC(=O)OC1C(Oc2cc3ccccc3cc2N=O)OC(C(=O)OCN=[N+]=[N-])C(OC(C)=O)C1OC(C)=O. The lowest BCUT2D eigenvalue weighted by Gasteiger charge is -2.43. The molecule has 5 unspecified atom stereocenters. The molecular weight excluding hydrogens is 508 g/mol. The number of benzene rings is 2. The highest BCUT2D eigenvalue weighted by Gasteiger charge is 2.56. The molecular formula is C23H22N4O11. The first-order valence-corrected chi connectivity index (χ1v) is 11.0. The van der Waals surface area contributed by atoms with Crippen LogP contribution in [0.5, 0.6) is 5.75 Å². The van der Waals surface area contributed by atoms with E-state index < -0.39 is 61.3 Å². The summed E-state index contributed by atoms with van der Waals surface area (Å²) < 4.78 is 32.2. The Morgan fingerprint density at radius 3 is 2.08 bits per heavy atom. The zero-order valence-corrected chi connectivity index (χ0v) is 20.3. The van der Waals surface area contributed by atoms with Crippen molar-refractivity contribution < 1.29 is 47.6 Å². The molecule has 38 heavy (non-hydrogen) atoms. The van der Waals surface area contributed by atoms with Gasteiger partial charge in [-0.15, -0.1) is 4.91 Å². The van der Waals surface area contributed by atoms with Crippen LogP contribution < -0.4 is 4.74 Å². The maximum absolute atomic E-state index is 12.8. The third-order valence-electron chi connectivity index (χ3n) is 5.13. The van der Waals surface area contributed by atoms with E-state index >= 15 is 0 Å². The van der Waals surface area contributed by atoms with E-state index in [1.807, 2.05) is 0 Å². The van der Waals surface area contributed by atoms with Crippen molar-refractivity contribution in [1.82, 2.24) is 0 Å². The second-order valence-electron chi connectivity index (χ2n) is 7.85. The molecule has 15 nitrogen and oxygen atoms in total. The quantitative estimate of drug-likeness (QED) is 0.115. The minimum absolute atomic E-state index is 0.116. The summed E-state index contributed by atoms with van der Waals surface area (Å²) in [5.74, 6) is -3.93. The zero-order valence-electron chi connectivity index (χ0n) is 20.3. The van der Waals surface area contributed by atoms with Crippen LogP contribution in [0, 0.1) is 4.91 Å². The highest BCUT2D eigenvalue weighted by atomic mass is 16.7. The van der Waals surface area contributed by atoms with Crippen LogP contribution in [0.1, 0.15) is 20.8 Å². The summed E-state index contributed by atoms with van der Waals surface area (Å²) in [6, 6.07) is 9.88. The second kappa shape index (κ2) is 12.5. The number of carbonyl (C=O) groups is 4. The van der Waals surface area contributed by atoms with Gasteiger partial charge in [0.05, 0.1) is 0 Å². The van der Waals surface area contributed by atoms with Crippen molar-refractivity contribution >= 4 is 40.3 Å². The number of carbonyl (C=O) groups excluding carboxylic acids is 4. The monoisotopic (exact) mass is 530 g/mol. The summed E-state index contributed by atoms with van der Waals surface area (Å²) in [5.41, 5.74) is 8.31. The number of rotatable bonds is 9. The molecule has 2 aromatic rings. The number of hydrogen-bond donors (Lipinski definition) is 0. The van der Waals surface area contributed by atoms with Crippen LogP contribution in [0.2, 0.25) is 0 Å². The van der Waals surface area contributed by atoms with Gasteiger partial charge in [-0.3, -0.25) is 14.4 Å². The van der Waals surface area contributed by atoms with Crippen molar-refractivity contribution in [3.8, 4) is 5.75 Å². The lowest BCUT2D eigenvalue weighted by Crippen LogP contribution is -2.64. The summed E-state index contributed by atoms with van der Waals surface area (Å²) >= 11 is 0. The number of ether oxygens (including phenoxy) is 6. The average Bonchev–Trinajstić information content (AvgIpc) is 2.86. The number of nitrogens with zero attached hydrogens (tertiary/aromatic N) is 4. The van der Waals surface area contributed by atoms with Crippen LogP contribution in [-0.2, 0) is 42.9 Å². The van der Waals surface area contributed by atoms with Crippen LogP contribution in [0.4, 0.5) is 5.69 Å². The molecule has 5 atom stereocenters. The number of fused-ring (bicyclic) bond motifs is 1. The summed E-state index contributed by atoms with van der Waals surface area (Å²) in [6.45, 7) is 2.38. The molecule has 0 radical (unpaired) electrons. The fourth-order valence-corrected chi connectivity index (χ4v) is 3.76. The molecule has 1 heterocycles. The molecule has 0 aromatic heterocycles. The van der Waals surface area contributed by atoms with E-state index in [1.54, 1.807) is 24.3 Å². The Kier molecular flexibility index (Phi) is 9.13. The van der Waals surface area contributed by atoms with Crippen molar-refractivity contribution in [3.63, 3.8) is 0 Å². The lowest BCUT2D eigenvalue weighted by molar-refractivity contribution is -0.282. The standard InChI is InChI=1S/C23H22N4O11/c1-11(28)34-18-19(35-12(2)29)21(36-13(3)30)23(38-20(18)22(31)33-10-25-27-24)37-17-9-15-7-5-4-6-14(15)8-16(17)26-32/h4-9,18-21,23H,10H2,1-3H3. The Morgan fingerprint density at radius 2 is 1.50 bits per heavy atom. The van der Waals surface area contributed by atoms with E-state index in [4.69, 9.17) is 34.0 Å². The van der Waals surface area contributed by atoms with E-state index in [0.717, 1.165) is 20.8 Å². The molecule has 200 valence electrons. The van der Waals surface area contributed by atoms with Crippen molar-refractivity contribution in [2.24, 2.45) is 10.3 Å². The smallest absolute Gasteiger partial charge is 0.339 e. The molecule has 0 N–H and O–H groups in total. The van der Waals surface area contributed by atoms with E-state index in [2.05, 4.69) is 15.2 Å². The van der Waals surface area contributed by atoms with Crippen LogP contribution in [0.15, 0.2) is 46.7 Å². The first-order valence-electron chi connectivity index (χ1n) is 11.0. The Morgan fingerprint density at radius 1 is 0.921 bits per heavy atom. The Balaban J connectivity index is 2.09. The minimum Gasteiger partial charge on any atom is -0.458 e. The molecule has 1 saturated heterocycles. The van der Waals surface area contributed by atoms with Gasteiger partial charge < -0.3 is 28.4 Å². The van der Waals surface area contributed by atoms with Gasteiger partial charge in [-0.1, -0.05) is 29.4 Å². The third-order valence-corrected chi connectivity index (χ3v) is 5.13. The molecule has 0 aliphatic carbocycles. The van der Waals surface area contributed by atoms with E-state index in [0.29, 0.717) is 10.8 Å². The highest BCUT2D eigenvalue weighted by molar-refractivity contribution is 5.88. The Bertz CT molecular complexity index is 1290. The Labute approximate surface area is 214 Å². The van der Waals surface area contributed by atoms with Gasteiger partial charge >= 0.3 is 23.9 Å². The molecule has 3 rings (SSSR count). The molecule has 1 fully saturated rings. The number of nitroso groups, excluding NO2 is 1. The average molecular weight is 530 g/mol. The predicted molar refractivity (Wildman–Crippen MR) is 125 cm³/mol. The van der Waals surface area contributed by atoms with Gasteiger partial charge in [0.1, 0.15) is 0 Å². The van der Waals surface area contributed by atoms with Crippen molar-refractivity contribution in [3.05, 3.63) is 51.7 Å². The third kappa shape index (κ3) is 6.72. The number of esters is 4. The molecule has 2 aromatic carbocycles. The van der Waals surface area contributed by atoms with E-state index in [9.17, 15) is 24.1 Å². The van der Waals surface area contributed by atoms with Crippen LogP contribution in [0.3, 0.4) is 0 Å². The fourth-order valence-electron chi connectivity index (χ4n) is 3.76. The van der Waals surface area contributed by atoms with Crippen molar-refractivity contribution in [1.29, 1.82) is 0 Å². The van der Waals surface area contributed by atoms with Crippen molar-refractivity contribution in [2.75, 3.05) is 6.73 Å². The molecule has 0 saturated carbocycles. The molecule has 1 aliphatic heterocycles. The van der Waals surface area contributed by atoms with Crippen LogP contribution in [0.25, 0.3) is 21.2 Å². The van der Waals surface area contributed by atoms with Gasteiger partial charge in [0.2, 0.25) is 12.4 Å². The number of azide groups is 1. The van der Waals surface area contributed by atoms with Gasteiger partial charge in [-0.25, -0.2) is 4.79 Å². The molecule has 0 bridgehead atoms. The van der Waals surface area contributed by atoms with E-state index in [1.165, 1.54) is 12.1 Å². The lowest BCUT2D eigenvalue weighted by atomic mass is 9.97. The van der Waals surface area contributed by atoms with Crippen LogP contribution >= 0.6 is 0 Å². The van der Waals surface area contributed by atoms with Gasteiger partial charge in [0, 0.05) is 25.7 Å². The maximum Gasteiger partial charge on any atom is 0.339 e. The summed E-state index contributed by atoms with van der Waals surface area (Å²) in [4.78, 5) is 62.7.